The maximum absolute atomic E-state index is 12.8. The van der Waals surface area contributed by atoms with Crippen LogP contribution in [-0.4, -0.2) is 41.2 Å². The second-order valence-corrected chi connectivity index (χ2v) is 7.69. The van der Waals surface area contributed by atoms with Crippen molar-refractivity contribution in [3.8, 4) is 0 Å². The molecule has 3 aromatic rings. The zero-order chi connectivity index (χ0) is 19.2. The second kappa shape index (κ2) is 8.97. The highest BCUT2D eigenvalue weighted by molar-refractivity contribution is 7.10. The van der Waals surface area contributed by atoms with Crippen molar-refractivity contribution in [3.05, 3.63) is 75.7 Å². The molecule has 0 aliphatic carbocycles. The van der Waals surface area contributed by atoms with Crippen LogP contribution in [0, 0.1) is 0 Å². The molecule has 1 atom stereocenters. The molecule has 1 aromatic carbocycles. The van der Waals surface area contributed by atoms with E-state index >= 15 is 0 Å². The molecule has 142 valence electrons. The van der Waals surface area contributed by atoms with Gasteiger partial charge in [-0.1, -0.05) is 43.3 Å². The van der Waals surface area contributed by atoms with Crippen LogP contribution in [0.25, 0.3) is 0 Å². The third-order valence-electron chi connectivity index (χ3n) is 4.65. The first-order valence-corrected chi connectivity index (χ1v) is 10.0. The number of carbonyl (C=O) groups excluding carboxylic acids is 1. The Hall–Kier alpha value is -2.44. The third kappa shape index (κ3) is 4.64. The van der Waals surface area contributed by atoms with E-state index in [0.29, 0.717) is 18.7 Å². The smallest absolute Gasteiger partial charge is 0.254 e. The van der Waals surface area contributed by atoms with Gasteiger partial charge in [0.1, 0.15) is 0 Å². The molecule has 2 heterocycles. The maximum atomic E-state index is 12.8. The summed E-state index contributed by atoms with van der Waals surface area (Å²) in [7, 11) is 4.07. The zero-order valence-electron chi connectivity index (χ0n) is 16.1. The van der Waals surface area contributed by atoms with Gasteiger partial charge in [0.15, 0.2) is 0 Å². The van der Waals surface area contributed by atoms with Crippen molar-refractivity contribution in [3.63, 3.8) is 0 Å². The molecule has 0 saturated heterocycles. The lowest BCUT2D eigenvalue weighted by Gasteiger charge is -2.23. The minimum Gasteiger partial charge on any atom is -0.350 e. The van der Waals surface area contributed by atoms with Crippen molar-refractivity contribution in [2.45, 2.75) is 25.9 Å². The van der Waals surface area contributed by atoms with Crippen LogP contribution in [0.3, 0.4) is 0 Å². The lowest BCUT2D eigenvalue weighted by molar-refractivity contribution is 0.0941. The lowest BCUT2D eigenvalue weighted by atomic mass is 10.1. The Morgan fingerprint density at radius 1 is 1.22 bits per heavy atom. The number of nitrogens with zero attached hydrogens (tertiary/aromatic N) is 3. The first-order valence-electron chi connectivity index (χ1n) is 9.16. The molecular formula is C21H26N4OS. The molecule has 5 nitrogen and oxygen atoms in total. The van der Waals surface area contributed by atoms with E-state index in [2.05, 4.69) is 45.8 Å². The van der Waals surface area contributed by atoms with Crippen LogP contribution in [0.2, 0.25) is 0 Å². The molecule has 1 amide bonds. The minimum atomic E-state index is -0.0606. The monoisotopic (exact) mass is 382 g/mol. The number of rotatable bonds is 8. The quantitative estimate of drug-likeness (QED) is 0.648. The number of benzene rings is 1. The summed E-state index contributed by atoms with van der Waals surface area (Å²) >= 11 is 1.71. The predicted molar refractivity (Wildman–Crippen MR) is 110 cm³/mol. The summed E-state index contributed by atoms with van der Waals surface area (Å²) in [4.78, 5) is 16.2. The highest BCUT2D eigenvalue weighted by Gasteiger charge is 2.20. The van der Waals surface area contributed by atoms with E-state index in [1.165, 1.54) is 10.4 Å². The number of amides is 1. The van der Waals surface area contributed by atoms with Crippen LogP contribution >= 0.6 is 11.3 Å². The average Bonchev–Trinajstić information content (AvgIpc) is 3.32. The summed E-state index contributed by atoms with van der Waals surface area (Å²) in [5, 5.41) is 9.62. The van der Waals surface area contributed by atoms with Gasteiger partial charge in [-0.25, -0.2) is 0 Å². The number of likely N-dealkylation sites (N-methyl/N-ethyl adjacent to an activating group) is 1. The summed E-state index contributed by atoms with van der Waals surface area (Å²) in [6.07, 6.45) is 2.45. The molecule has 2 aromatic heterocycles. The molecule has 0 aliphatic rings. The van der Waals surface area contributed by atoms with Gasteiger partial charge in [0.05, 0.1) is 30.0 Å². The molecule has 3 rings (SSSR count). The van der Waals surface area contributed by atoms with Crippen LogP contribution in [0.15, 0.2) is 54.0 Å². The number of nitrogens with one attached hydrogen (secondary N) is 1. The molecule has 27 heavy (non-hydrogen) atoms. The molecule has 6 heteroatoms. The van der Waals surface area contributed by atoms with Crippen molar-refractivity contribution in [2.75, 3.05) is 20.6 Å². The fourth-order valence-corrected chi connectivity index (χ4v) is 4.09. The largest absolute Gasteiger partial charge is 0.350 e. The molecular weight excluding hydrogens is 356 g/mol. The normalized spacial score (nSPS) is 12.3. The van der Waals surface area contributed by atoms with Crippen molar-refractivity contribution >= 4 is 17.2 Å². The van der Waals surface area contributed by atoms with Crippen LogP contribution in [0.1, 0.15) is 39.5 Å². The Morgan fingerprint density at radius 3 is 2.63 bits per heavy atom. The van der Waals surface area contributed by atoms with E-state index in [4.69, 9.17) is 0 Å². The van der Waals surface area contributed by atoms with Crippen LogP contribution < -0.4 is 5.32 Å². The highest BCUT2D eigenvalue weighted by Crippen LogP contribution is 2.22. The lowest BCUT2D eigenvalue weighted by Crippen LogP contribution is -2.34. The molecule has 1 N–H and O–H groups in total. The van der Waals surface area contributed by atoms with Gasteiger partial charge in [0.25, 0.3) is 5.91 Å². The Kier molecular flexibility index (Phi) is 6.42. The summed E-state index contributed by atoms with van der Waals surface area (Å²) in [5.74, 6) is -0.0606. The van der Waals surface area contributed by atoms with E-state index in [0.717, 1.165) is 12.1 Å². The Labute approximate surface area is 164 Å². The summed E-state index contributed by atoms with van der Waals surface area (Å²) in [6.45, 7) is 3.30. The molecule has 0 radical (unpaired) electrons. The minimum absolute atomic E-state index is 0.0606. The van der Waals surface area contributed by atoms with Gasteiger partial charge in [-0.15, -0.1) is 11.3 Å². The number of hydrogen-bond acceptors (Lipinski definition) is 4. The number of thiophene rings is 1. The van der Waals surface area contributed by atoms with Crippen LogP contribution in [-0.2, 0) is 13.0 Å². The highest BCUT2D eigenvalue weighted by atomic mass is 32.1. The first kappa shape index (κ1) is 19.3. The van der Waals surface area contributed by atoms with Gasteiger partial charge in [0.2, 0.25) is 0 Å². The van der Waals surface area contributed by atoms with Crippen molar-refractivity contribution in [1.29, 1.82) is 0 Å². The summed E-state index contributed by atoms with van der Waals surface area (Å²) in [5.41, 5.74) is 2.80. The number of carbonyl (C=O) groups is 1. The third-order valence-corrected chi connectivity index (χ3v) is 5.63. The standard InChI is InChI=1S/C21H26N4OS/c1-4-18-17(13-23-25(18)15-16-9-6-5-7-10-16)21(26)22-14-19(24(2)3)20-11-8-12-27-20/h5-13,19H,4,14-15H2,1-3H3,(H,22,26). The van der Waals surface area contributed by atoms with Gasteiger partial charge in [0, 0.05) is 11.4 Å². The fourth-order valence-electron chi connectivity index (χ4n) is 3.17. The molecule has 0 spiro atoms. The Morgan fingerprint density at radius 2 is 2.00 bits per heavy atom. The second-order valence-electron chi connectivity index (χ2n) is 6.71. The van der Waals surface area contributed by atoms with E-state index in [1.807, 2.05) is 43.0 Å². The van der Waals surface area contributed by atoms with Crippen molar-refractivity contribution < 1.29 is 4.79 Å². The van der Waals surface area contributed by atoms with Gasteiger partial charge in [-0.3, -0.25) is 9.48 Å². The topological polar surface area (TPSA) is 50.2 Å². The van der Waals surface area contributed by atoms with E-state index in [1.54, 1.807) is 17.5 Å². The first-order chi connectivity index (χ1) is 13.1. The van der Waals surface area contributed by atoms with Gasteiger partial charge in [-0.05, 0) is 37.5 Å². The van der Waals surface area contributed by atoms with Gasteiger partial charge >= 0.3 is 0 Å². The van der Waals surface area contributed by atoms with Crippen molar-refractivity contribution in [1.82, 2.24) is 20.0 Å². The molecule has 0 fully saturated rings. The number of aromatic nitrogens is 2. The van der Waals surface area contributed by atoms with E-state index in [-0.39, 0.29) is 11.9 Å². The van der Waals surface area contributed by atoms with Gasteiger partial charge in [-0.2, -0.15) is 5.10 Å². The van der Waals surface area contributed by atoms with Crippen LogP contribution in [0.5, 0.6) is 0 Å². The Balaban J connectivity index is 1.71. The van der Waals surface area contributed by atoms with E-state index < -0.39 is 0 Å². The molecule has 1 unspecified atom stereocenters. The van der Waals surface area contributed by atoms with Crippen LogP contribution in [0.4, 0.5) is 0 Å². The summed E-state index contributed by atoms with van der Waals surface area (Å²) < 4.78 is 1.92. The summed E-state index contributed by atoms with van der Waals surface area (Å²) in [6, 6.07) is 14.5. The molecule has 0 saturated carbocycles. The fraction of sp³-hybridized carbons (Fsp3) is 0.333. The molecule has 0 bridgehead atoms. The average molecular weight is 383 g/mol. The zero-order valence-corrected chi connectivity index (χ0v) is 16.9. The Bertz CT molecular complexity index is 856. The van der Waals surface area contributed by atoms with E-state index in [9.17, 15) is 4.79 Å². The van der Waals surface area contributed by atoms with Gasteiger partial charge < -0.3 is 10.2 Å². The molecule has 0 aliphatic heterocycles. The maximum Gasteiger partial charge on any atom is 0.254 e. The SMILES string of the molecule is CCc1c(C(=O)NCC(c2cccs2)N(C)C)cnn1Cc1ccccc1. The number of hydrogen-bond donors (Lipinski definition) is 1. The van der Waals surface area contributed by atoms with Crippen molar-refractivity contribution in [2.24, 2.45) is 0 Å². The predicted octanol–water partition coefficient (Wildman–Crippen LogP) is 3.59.